The molecule has 0 spiro atoms. The minimum absolute atomic E-state index is 0.141. The van der Waals surface area contributed by atoms with Gasteiger partial charge in [0.15, 0.2) is 0 Å². The number of halogens is 1. The number of imidazole rings is 1. The average Bonchev–Trinajstić information content (AvgIpc) is 2.90. The zero-order valence-electron chi connectivity index (χ0n) is 11.0. The Morgan fingerprint density at radius 3 is 2.60 bits per heavy atom. The third kappa shape index (κ3) is 2.55. The van der Waals surface area contributed by atoms with E-state index < -0.39 is 0 Å². The van der Waals surface area contributed by atoms with Crippen molar-refractivity contribution in [2.75, 3.05) is 6.54 Å². The number of nitrogens with zero attached hydrogens (tertiary/aromatic N) is 1. The van der Waals surface area contributed by atoms with Crippen LogP contribution in [0.1, 0.15) is 17.3 Å². The van der Waals surface area contributed by atoms with Crippen molar-refractivity contribution in [1.82, 2.24) is 9.97 Å². The van der Waals surface area contributed by atoms with Crippen molar-refractivity contribution >= 4 is 22.6 Å². The van der Waals surface area contributed by atoms with Gasteiger partial charge in [-0.05, 0) is 30.2 Å². The van der Waals surface area contributed by atoms with Gasteiger partial charge < -0.3 is 10.7 Å². The number of aromatic amines is 1. The van der Waals surface area contributed by atoms with Gasteiger partial charge >= 0.3 is 0 Å². The molecule has 0 saturated heterocycles. The average molecular weight is 286 g/mol. The number of rotatable bonds is 4. The van der Waals surface area contributed by atoms with E-state index in [2.05, 4.69) is 9.97 Å². The van der Waals surface area contributed by atoms with Crippen molar-refractivity contribution in [3.63, 3.8) is 0 Å². The van der Waals surface area contributed by atoms with Gasteiger partial charge in [0, 0.05) is 17.5 Å². The molecular weight excluding hydrogens is 270 g/mol. The fourth-order valence-electron chi connectivity index (χ4n) is 2.39. The van der Waals surface area contributed by atoms with Crippen molar-refractivity contribution in [3.05, 3.63) is 64.9 Å². The molecule has 3 nitrogen and oxygen atoms in total. The summed E-state index contributed by atoms with van der Waals surface area (Å²) in [7, 11) is 0. The van der Waals surface area contributed by atoms with Crippen LogP contribution in [0.3, 0.4) is 0 Å². The molecule has 0 aliphatic heterocycles. The summed E-state index contributed by atoms with van der Waals surface area (Å²) in [5.41, 5.74) is 9.04. The molecule has 0 bridgehead atoms. The molecule has 2 aromatic carbocycles. The van der Waals surface area contributed by atoms with Gasteiger partial charge in [-0.25, -0.2) is 4.98 Å². The highest BCUT2D eigenvalue weighted by Crippen LogP contribution is 2.24. The molecule has 0 amide bonds. The van der Waals surface area contributed by atoms with Crippen LogP contribution in [0.2, 0.25) is 5.02 Å². The van der Waals surface area contributed by atoms with Gasteiger partial charge in [-0.1, -0.05) is 41.9 Å². The fraction of sp³-hybridized carbons (Fsp3) is 0.188. The molecule has 1 unspecified atom stereocenters. The van der Waals surface area contributed by atoms with E-state index in [-0.39, 0.29) is 5.92 Å². The molecule has 1 heterocycles. The number of fused-ring (bicyclic) bond motifs is 1. The van der Waals surface area contributed by atoms with Crippen LogP contribution in [0, 0.1) is 0 Å². The molecule has 0 aliphatic rings. The summed E-state index contributed by atoms with van der Waals surface area (Å²) in [6, 6.07) is 15.9. The minimum atomic E-state index is 0.141. The lowest BCUT2D eigenvalue weighted by Gasteiger charge is -2.13. The molecule has 4 heteroatoms. The summed E-state index contributed by atoms with van der Waals surface area (Å²) in [4.78, 5) is 7.98. The summed E-state index contributed by atoms with van der Waals surface area (Å²) in [6.07, 6.45) is 0.788. The number of hydrogen-bond acceptors (Lipinski definition) is 2. The van der Waals surface area contributed by atoms with E-state index in [1.54, 1.807) is 0 Å². The fourth-order valence-corrected chi connectivity index (χ4v) is 2.60. The molecule has 1 atom stereocenters. The minimum Gasteiger partial charge on any atom is -0.342 e. The Hall–Kier alpha value is -1.84. The van der Waals surface area contributed by atoms with E-state index in [0.717, 1.165) is 33.9 Å². The van der Waals surface area contributed by atoms with Crippen molar-refractivity contribution in [3.8, 4) is 0 Å². The standard InChI is InChI=1S/C16H16ClN3/c17-13-6-2-1-5-11(13)9-12(10-18)16-19-14-7-3-4-8-15(14)20-16/h1-8,12H,9-10,18H2,(H,19,20). The van der Waals surface area contributed by atoms with Crippen LogP contribution in [-0.4, -0.2) is 16.5 Å². The number of H-pyrrole nitrogens is 1. The van der Waals surface area contributed by atoms with Crippen molar-refractivity contribution < 1.29 is 0 Å². The Labute approximate surface area is 122 Å². The molecule has 0 fully saturated rings. The molecule has 0 radical (unpaired) electrons. The predicted molar refractivity (Wildman–Crippen MR) is 83.0 cm³/mol. The van der Waals surface area contributed by atoms with Gasteiger partial charge in [0.25, 0.3) is 0 Å². The molecule has 0 aliphatic carbocycles. The number of benzene rings is 2. The van der Waals surface area contributed by atoms with Gasteiger partial charge in [0.2, 0.25) is 0 Å². The largest absolute Gasteiger partial charge is 0.342 e. The Morgan fingerprint density at radius 2 is 1.85 bits per heavy atom. The number of nitrogens with one attached hydrogen (secondary N) is 1. The Bertz CT molecular complexity index is 687. The highest BCUT2D eigenvalue weighted by molar-refractivity contribution is 6.31. The Morgan fingerprint density at radius 1 is 1.10 bits per heavy atom. The van der Waals surface area contributed by atoms with E-state index in [4.69, 9.17) is 17.3 Å². The van der Waals surface area contributed by atoms with Gasteiger partial charge in [0.05, 0.1) is 11.0 Å². The predicted octanol–water partition coefficient (Wildman–Crippen LogP) is 3.50. The second kappa shape index (κ2) is 5.65. The molecule has 1 aromatic heterocycles. The van der Waals surface area contributed by atoms with E-state index in [1.807, 2.05) is 48.5 Å². The molecule has 102 valence electrons. The van der Waals surface area contributed by atoms with Gasteiger partial charge in [-0.2, -0.15) is 0 Å². The highest BCUT2D eigenvalue weighted by Gasteiger charge is 2.16. The van der Waals surface area contributed by atoms with Gasteiger partial charge in [-0.15, -0.1) is 0 Å². The van der Waals surface area contributed by atoms with Crippen LogP contribution in [0.5, 0.6) is 0 Å². The lowest BCUT2D eigenvalue weighted by atomic mass is 9.99. The van der Waals surface area contributed by atoms with E-state index in [0.29, 0.717) is 6.54 Å². The van der Waals surface area contributed by atoms with E-state index >= 15 is 0 Å². The first-order chi connectivity index (χ1) is 9.78. The second-order valence-electron chi connectivity index (χ2n) is 4.87. The first-order valence-corrected chi connectivity index (χ1v) is 7.04. The maximum Gasteiger partial charge on any atom is 0.111 e. The Kier molecular flexibility index (Phi) is 3.72. The first kappa shape index (κ1) is 13.2. The van der Waals surface area contributed by atoms with Crippen molar-refractivity contribution in [2.24, 2.45) is 5.73 Å². The van der Waals surface area contributed by atoms with Crippen LogP contribution in [0.4, 0.5) is 0 Å². The summed E-state index contributed by atoms with van der Waals surface area (Å²) in [5.74, 6) is 1.07. The van der Waals surface area contributed by atoms with Crippen LogP contribution in [0.15, 0.2) is 48.5 Å². The zero-order chi connectivity index (χ0) is 13.9. The number of hydrogen-bond donors (Lipinski definition) is 2. The SMILES string of the molecule is NCC(Cc1ccccc1Cl)c1nc2ccccc2[nH]1. The summed E-state index contributed by atoms with van der Waals surface area (Å²) in [6.45, 7) is 0.533. The number of para-hydroxylation sites is 2. The van der Waals surface area contributed by atoms with Gasteiger partial charge in [0.1, 0.15) is 5.82 Å². The van der Waals surface area contributed by atoms with Crippen LogP contribution < -0.4 is 5.73 Å². The molecular formula is C16H16ClN3. The quantitative estimate of drug-likeness (QED) is 0.771. The van der Waals surface area contributed by atoms with Crippen molar-refractivity contribution in [1.29, 1.82) is 0 Å². The van der Waals surface area contributed by atoms with Crippen LogP contribution in [0.25, 0.3) is 11.0 Å². The van der Waals surface area contributed by atoms with Crippen LogP contribution >= 0.6 is 11.6 Å². The zero-order valence-corrected chi connectivity index (χ0v) is 11.8. The molecule has 3 aromatic rings. The molecule has 0 saturated carbocycles. The summed E-state index contributed by atoms with van der Waals surface area (Å²) < 4.78 is 0. The second-order valence-corrected chi connectivity index (χ2v) is 5.27. The van der Waals surface area contributed by atoms with Crippen LogP contribution in [-0.2, 0) is 6.42 Å². The topological polar surface area (TPSA) is 54.7 Å². The maximum atomic E-state index is 6.22. The molecule has 3 rings (SSSR count). The molecule has 20 heavy (non-hydrogen) atoms. The lowest BCUT2D eigenvalue weighted by Crippen LogP contribution is -2.16. The third-order valence-electron chi connectivity index (χ3n) is 3.50. The lowest BCUT2D eigenvalue weighted by molar-refractivity contribution is 0.658. The third-order valence-corrected chi connectivity index (χ3v) is 3.87. The highest BCUT2D eigenvalue weighted by atomic mass is 35.5. The number of aromatic nitrogens is 2. The summed E-state index contributed by atoms with van der Waals surface area (Å²) in [5, 5.41) is 0.780. The molecule has 3 N–H and O–H groups in total. The van der Waals surface area contributed by atoms with E-state index in [9.17, 15) is 0 Å². The number of nitrogens with two attached hydrogens (primary N) is 1. The normalized spacial score (nSPS) is 12.7. The van der Waals surface area contributed by atoms with E-state index in [1.165, 1.54) is 0 Å². The monoisotopic (exact) mass is 285 g/mol. The van der Waals surface area contributed by atoms with Crippen molar-refractivity contribution in [2.45, 2.75) is 12.3 Å². The summed E-state index contributed by atoms with van der Waals surface area (Å²) >= 11 is 6.22. The first-order valence-electron chi connectivity index (χ1n) is 6.66. The Balaban J connectivity index is 1.91. The smallest absolute Gasteiger partial charge is 0.111 e. The van der Waals surface area contributed by atoms with Gasteiger partial charge in [-0.3, -0.25) is 0 Å². The maximum absolute atomic E-state index is 6.22.